The molecular formula is C14H20N2O. The van der Waals surface area contributed by atoms with Gasteiger partial charge < -0.3 is 15.4 Å². The fraction of sp³-hybridized carbons (Fsp3) is 0.500. The summed E-state index contributed by atoms with van der Waals surface area (Å²) in [6.07, 6.45) is 2.03. The van der Waals surface area contributed by atoms with Crippen LogP contribution in [0.5, 0.6) is 0 Å². The Hall–Kier alpha value is -1.19. The van der Waals surface area contributed by atoms with E-state index in [0.29, 0.717) is 0 Å². The highest BCUT2D eigenvalue weighted by Crippen LogP contribution is 2.16. The van der Waals surface area contributed by atoms with E-state index in [4.69, 9.17) is 0 Å². The maximum absolute atomic E-state index is 11.0. The van der Waals surface area contributed by atoms with Crippen LogP contribution in [0, 0.1) is 5.92 Å². The molecule has 1 aliphatic heterocycles. The number of nitrogens with one attached hydrogen (secondary N) is 2. The zero-order valence-electron chi connectivity index (χ0n) is 10.2. The Labute approximate surface area is 103 Å². The van der Waals surface area contributed by atoms with Crippen LogP contribution in [0.3, 0.4) is 0 Å². The second-order valence-electron chi connectivity index (χ2n) is 4.70. The highest BCUT2D eigenvalue weighted by atomic mass is 16.1. The van der Waals surface area contributed by atoms with E-state index < -0.39 is 0 Å². The summed E-state index contributed by atoms with van der Waals surface area (Å²) in [5, 5.41) is 6.88. The summed E-state index contributed by atoms with van der Waals surface area (Å²) >= 11 is 0. The van der Waals surface area contributed by atoms with Crippen LogP contribution >= 0.6 is 0 Å². The number of piperidine rings is 1. The third-order valence-electron chi connectivity index (χ3n) is 3.47. The molecule has 0 radical (unpaired) electrons. The monoisotopic (exact) mass is 232 g/mol. The van der Waals surface area contributed by atoms with E-state index in [0.717, 1.165) is 25.8 Å². The summed E-state index contributed by atoms with van der Waals surface area (Å²) in [6.45, 7) is 3.97. The first kappa shape index (κ1) is 12.3. The molecule has 92 valence electrons. The molecule has 1 fully saturated rings. The van der Waals surface area contributed by atoms with Crippen molar-refractivity contribution in [1.29, 1.82) is 0 Å². The summed E-state index contributed by atoms with van der Waals surface area (Å²) in [4.78, 5) is 11.0. The largest absolute Gasteiger partial charge is 0.315 e. The van der Waals surface area contributed by atoms with Crippen LogP contribution in [0.2, 0.25) is 0 Å². The van der Waals surface area contributed by atoms with E-state index in [1.807, 2.05) is 18.2 Å². The molecule has 0 spiro atoms. The Morgan fingerprint density at radius 1 is 1.41 bits per heavy atom. The van der Waals surface area contributed by atoms with Gasteiger partial charge in [0.2, 0.25) is 0 Å². The predicted octanol–water partition coefficient (Wildman–Crippen LogP) is 1.51. The van der Waals surface area contributed by atoms with Crippen molar-refractivity contribution in [1.82, 2.24) is 10.6 Å². The van der Waals surface area contributed by atoms with Gasteiger partial charge >= 0.3 is 0 Å². The molecule has 3 atom stereocenters. The third-order valence-corrected chi connectivity index (χ3v) is 3.47. The number of benzene rings is 1. The predicted molar refractivity (Wildman–Crippen MR) is 68.8 cm³/mol. The molecule has 0 bridgehead atoms. The Kier molecular flexibility index (Phi) is 4.29. The van der Waals surface area contributed by atoms with Gasteiger partial charge in [-0.2, -0.15) is 0 Å². The van der Waals surface area contributed by atoms with Crippen molar-refractivity contribution in [3.05, 3.63) is 35.9 Å². The third kappa shape index (κ3) is 3.14. The van der Waals surface area contributed by atoms with E-state index in [1.165, 1.54) is 5.56 Å². The Morgan fingerprint density at radius 3 is 2.88 bits per heavy atom. The minimum absolute atomic E-state index is 0.141. The van der Waals surface area contributed by atoms with Crippen molar-refractivity contribution >= 4 is 6.29 Å². The number of aldehydes is 1. The number of carbonyl (C=O) groups is 1. The van der Waals surface area contributed by atoms with Crippen LogP contribution in [-0.2, 0) is 4.79 Å². The lowest BCUT2D eigenvalue weighted by molar-refractivity contribution is -0.112. The van der Waals surface area contributed by atoms with Crippen molar-refractivity contribution in [3.63, 3.8) is 0 Å². The molecular weight excluding hydrogens is 212 g/mol. The maximum atomic E-state index is 11.0. The molecule has 3 heteroatoms. The average Bonchev–Trinajstić information content (AvgIpc) is 2.40. The van der Waals surface area contributed by atoms with Crippen molar-refractivity contribution in [2.75, 3.05) is 13.1 Å². The van der Waals surface area contributed by atoms with Crippen LogP contribution in [0.4, 0.5) is 0 Å². The Morgan fingerprint density at radius 2 is 2.18 bits per heavy atom. The highest BCUT2D eigenvalue weighted by Gasteiger charge is 2.25. The van der Waals surface area contributed by atoms with Crippen molar-refractivity contribution in [2.45, 2.75) is 25.4 Å². The lowest BCUT2D eigenvalue weighted by Crippen LogP contribution is -2.50. The van der Waals surface area contributed by atoms with Gasteiger partial charge in [-0.05, 0) is 25.5 Å². The topological polar surface area (TPSA) is 41.1 Å². The first-order valence-corrected chi connectivity index (χ1v) is 6.28. The zero-order chi connectivity index (χ0) is 12.1. The van der Waals surface area contributed by atoms with Gasteiger partial charge in [0.25, 0.3) is 0 Å². The number of hydrogen-bond donors (Lipinski definition) is 2. The van der Waals surface area contributed by atoms with E-state index in [2.05, 4.69) is 29.7 Å². The molecule has 1 aromatic carbocycles. The normalized spacial score (nSPS) is 26.4. The van der Waals surface area contributed by atoms with E-state index >= 15 is 0 Å². The van der Waals surface area contributed by atoms with Gasteiger partial charge in [0, 0.05) is 24.5 Å². The van der Waals surface area contributed by atoms with Crippen LogP contribution in [0.25, 0.3) is 0 Å². The minimum atomic E-state index is 0.141. The lowest BCUT2D eigenvalue weighted by Gasteiger charge is -2.32. The second-order valence-corrected chi connectivity index (χ2v) is 4.70. The Bertz CT molecular complexity index is 352. The lowest BCUT2D eigenvalue weighted by atomic mass is 9.93. The Balaban J connectivity index is 1.97. The SMILES string of the molecule is CC(NC1CNCCC1C=O)c1ccccc1. The number of carbonyl (C=O) groups excluding carboxylic acids is 1. The molecule has 3 unspecified atom stereocenters. The molecule has 1 aliphatic rings. The van der Waals surface area contributed by atoms with Gasteiger partial charge in [-0.15, -0.1) is 0 Å². The average molecular weight is 232 g/mol. The standard InChI is InChI=1S/C14H20N2O/c1-11(12-5-3-2-4-6-12)16-14-9-15-8-7-13(14)10-17/h2-6,10-11,13-16H,7-9H2,1H3. The van der Waals surface area contributed by atoms with E-state index in [-0.39, 0.29) is 18.0 Å². The summed E-state index contributed by atoms with van der Waals surface area (Å²) < 4.78 is 0. The van der Waals surface area contributed by atoms with Crippen molar-refractivity contribution in [2.24, 2.45) is 5.92 Å². The molecule has 1 saturated heterocycles. The van der Waals surface area contributed by atoms with E-state index in [9.17, 15) is 4.79 Å². The first-order chi connectivity index (χ1) is 8.31. The van der Waals surface area contributed by atoms with Crippen LogP contribution in [0.15, 0.2) is 30.3 Å². The fourth-order valence-electron chi connectivity index (χ4n) is 2.38. The van der Waals surface area contributed by atoms with Crippen molar-refractivity contribution < 1.29 is 4.79 Å². The quantitative estimate of drug-likeness (QED) is 0.773. The first-order valence-electron chi connectivity index (χ1n) is 6.28. The molecule has 3 nitrogen and oxygen atoms in total. The molecule has 0 aromatic heterocycles. The fourth-order valence-corrected chi connectivity index (χ4v) is 2.38. The van der Waals surface area contributed by atoms with Gasteiger partial charge in [0.15, 0.2) is 0 Å². The van der Waals surface area contributed by atoms with E-state index in [1.54, 1.807) is 0 Å². The summed E-state index contributed by atoms with van der Waals surface area (Å²) in [5.74, 6) is 0.141. The molecule has 0 aliphatic carbocycles. The summed E-state index contributed by atoms with van der Waals surface area (Å²) in [7, 11) is 0. The molecule has 0 saturated carbocycles. The van der Waals surface area contributed by atoms with Gasteiger partial charge in [-0.25, -0.2) is 0 Å². The maximum Gasteiger partial charge on any atom is 0.124 e. The van der Waals surface area contributed by atoms with Gasteiger partial charge in [0.1, 0.15) is 6.29 Å². The molecule has 2 N–H and O–H groups in total. The second kappa shape index (κ2) is 5.94. The molecule has 1 aromatic rings. The van der Waals surface area contributed by atoms with Crippen molar-refractivity contribution in [3.8, 4) is 0 Å². The highest BCUT2D eigenvalue weighted by molar-refractivity contribution is 5.55. The number of hydrogen-bond acceptors (Lipinski definition) is 3. The summed E-state index contributed by atoms with van der Waals surface area (Å²) in [5.41, 5.74) is 1.27. The van der Waals surface area contributed by atoms with Gasteiger partial charge in [-0.3, -0.25) is 0 Å². The summed E-state index contributed by atoms with van der Waals surface area (Å²) in [6, 6.07) is 10.9. The molecule has 2 rings (SSSR count). The number of rotatable bonds is 4. The van der Waals surface area contributed by atoms with Gasteiger partial charge in [0.05, 0.1) is 0 Å². The van der Waals surface area contributed by atoms with Crippen LogP contribution < -0.4 is 10.6 Å². The van der Waals surface area contributed by atoms with Crippen LogP contribution in [0.1, 0.15) is 24.9 Å². The van der Waals surface area contributed by atoms with Gasteiger partial charge in [-0.1, -0.05) is 30.3 Å². The van der Waals surface area contributed by atoms with Crippen LogP contribution in [-0.4, -0.2) is 25.4 Å². The minimum Gasteiger partial charge on any atom is -0.315 e. The molecule has 1 heterocycles. The molecule has 17 heavy (non-hydrogen) atoms. The zero-order valence-corrected chi connectivity index (χ0v) is 10.2. The smallest absolute Gasteiger partial charge is 0.124 e. The molecule has 0 amide bonds.